The quantitative estimate of drug-likeness (QED) is 0.772. The van der Waals surface area contributed by atoms with Crippen LogP contribution < -0.4 is 4.74 Å². The highest BCUT2D eigenvalue weighted by Crippen LogP contribution is 2.20. The van der Waals surface area contributed by atoms with Gasteiger partial charge in [-0.3, -0.25) is 0 Å². The van der Waals surface area contributed by atoms with E-state index in [0.717, 1.165) is 11.3 Å². The number of rotatable bonds is 5. The van der Waals surface area contributed by atoms with Crippen LogP contribution in [0.15, 0.2) is 24.3 Å². The van der Waals surface area contributed by atoms with Crippen molar-refractivity contribution in [2.45, 2.75) is 20.0 Å². The Morgan fingerprint density at radius 2 is 2.19 bits per heavy atom. The summed E-state index contributed by atoms with van der Waals surface area (Å²) in [6.45, 7) is 11.6. The first-order valence-electron chi connectivity index (χ1n) is 5.37. The maximum atomic E-state index is 9.65. The lowest BCUT2D eigenvalue weighted by Gasteiger charge is -2.10. The Kier molecular flexibility index (Phi) is 4.81. The minimum atomic E-state index is -0.722. The summed E-state index contributed by atoms with van der Waals surface area (Å²) in [5, 5.41) is 9.65. The fraction of sp³-hybridized carbons (Fsp3) is 0.462. The molecule has 0 aliphatic heterocycles. The predicted octanol–water partition coefficient (Wildman–Crippen LogP) is 2.67. The Labute approximate surface area is 96.5 Å². The molecule has 0 aliphatic carbocycles. The van der Waals surface area contributed by atoms with Crippen molar-refractivity contribution in [1.29, 1.82) is 0 Å². The topological polar surface area (TPSA) is 33.8 Å². The van der Waals surface area contributed by atoms with Gasteiger partial charge in [0.05, 0.1) is 6.61 Å². The van der Waals surface area contributed by atoms with E-state index in [4.69, 9.17) is 11.3 Å². The summed E-state index contributed by atoms with van der Waals surface area (Å²) in [7, 11) is 0. The van der Waals surface area contributed by atoms with Crippen LogP contribution in [0.4, 0.5) is 0 Å². The molecule has 0 aromatic heterocycles. The number of nitrogens with zero attached hydrogens (tertiary/aromatic N) is 1. The van der Waals surface area contributed by atoms with Crippen molar-refractivity contribution in [3.8, 4) is 5.75 Å². The van der Waals surface area contributed by atoms with Crippen molar-refractivity contribution in [3.05, 3.63) is 41.2 Å². The first kappa shape index (κ1) is 12.5. The second-order valence-electron chi connectivity index (χ2n) is 4.13. The second kappa shape index (κ2) is 6.14. The number of hydrogen-bond acceptors (Lipinski definition) is 2. The summed E-state index contributed by atoms with van der Waals surface area (Å²) in [5.74, 6) is 1.21. The van der Waals surface area contributed by atoms with E-state index in [2.05, 4.69) is 18.7 Å². The smallest absolute Gasteiger partial charge is 0.244 e. The first-order chi connectivity index (χ1) is 7.63. The largest absolute Gasteiger partial charge is 0.493 e. The molecule has 16 heavy (non-hydrogen) atoms. The average molecular weight is 219 g/mol. The molecule has 1 atom stereocenters. The standard InChI is InChI=1S/C13H17NO2/c1-10(2)9-16-12-6-4-5-11(7-12)13(15)8-14-3/h4-7,10,13,15H,8-9H2,1-2H3. The third-order valence-electron chi connectivity index (χ3n) is 2.09. The molecule has 1 unspecified atom stereocenters. The minimum absolute atomic E-state index is 0.0909. The van der Waals surface area contributed by atoms with Crippen LogP contribution in [0.25, 0.3) is 4.85 Å². The fourth-order valence-electron chi connectivity index (χ4n) is 1.27. The SMILES string of the molecule is [C-]#[N+]CC(O)c1cccc(OCC(C)C)c1. The van der Waals surface area contributed by atoms with Crippen LogP contribution >= 0.6 is 0 Å². The molecule has 3 nitrogen and oxygen atoms in total. The van der Waals surface area contributed by atoms with Gasteiger partial charge in [-0.25, -0.2) is 6.57 Å². The lowest BCUT2D eigenvalue weighted by molar-refractivity contribution is 0.194. The van der Waals surface area contributed by atoms with E-state index in [1.807, 2.05) is 12.1 Å². The lowest BCUT2D eigenvalue weighted by atomic mass is 10.1. The molecular weight excluding hydrogens is 202 g/mol. The minimum Gasteiger partial charge on any atom is -0.493 e. The third-order valence-corrected chi connectivity index (χ3v) is 2.09. The Morgan fingerprint density at radius 1 is 1.44 bits per heavy atom. The maximum absolute atomic E-state index is 9.65. The predicted molar refractivity (Wildman–Crippen MR) is 63.2 cm³/mol. The van der Waals surface area contributed by atoms with Gasteiger partial charge in [-0.2, -0.15) is 0 Å². The monoisotopic (exact) mass is 219 g/mol. The first-order valence-corrected chi connectivity index (χ1v) is 5.37. The van der Waals surface area contributed by atoms with Crippen molar-refractivity contribution < 1.29 is 9.84 Å². The Hall–Kier alpha value is -1.53. The molecule has 1 N–H and O–H groups in total. The van der Waals surface area contributed by atoms with Crippen molar-refractivity contribution >= 4 is 0 Å². The maximum Gasteiger partial charge on any atom is 0.244 e. The number of aliphatic hydroxyl groups is 1. The molecule has 0 fully saturated rings. The van der Waals surface area contributed by atoms with E-state index >= 15 is 0 Å². The molecule has 0 saturated heterocycles. The van der Waals surface area contributed by atoms with Gasteiger partial charge in [0.25, 0.3) is 0 Å². The number of benzene rings is 1. The molecule has 3 heteroatoms. The molecule has 0 bridgehead atoms. The summed E-state index contributed by atoms with van der Waals surface area (Å²) in [5.41, 5.74) is 0.734. The van der Waals surface area contributed by atoms with Gasteiger partial charge in [0, 0.05) is 0 Å². The van der Waals surface area contributed by atoms with Gasteiger partial charge < -0.3 is 14.7 Å². The average Bonchev–Trinajstić information content (AvgIpc) is 2.27. The number of ether oxygens (including phenoxy) is 1. The third kappa shape index (κ3) is 3.92. The van der Waals surface area contributed by atoms with Crippen molar-refractivity contribution in [3.63, 3.8) is 0 Å². The van der Waals surface area contributed by atoms with Crippen LogP contribution in [0.2, 0.25) is 0 Å². The van der Waals surface area contributed by atoms with Crippen LogP contribution in [0.1, 0.15) is 25.5 Å². The number of aliphatic hydroxyl groups excluding tert-OH is 1. The zero-order valence-corrected chi connectivity index (χ0v) is 9.68. The van der Waals surface area contributed by atoms with Gasteiger partial charge in [-0.05, 0) is 23.6 Å². The van der Waals surface area contributed by atoms with Crippen molar-refractivity contribution in [2.75, 3.05) is 13.2 Å². The van der Waals surface area contributed by atoms with E-state index in [-0.39, 0.29) is 6.54 Å². The van der Waals surface area contributed by atoms with E-state index in [0.29, 0.717) is 12.5 Å². The van der Waals surface area contributed by atoms with Crippen LogP contribution in [0.5, 0.6) is 5.75 Å². The Morgan fingerprint density at radius 3 is 2.81 bits per heavy atom. The lowest BCUT2D eigenvalue weighted by Crippen LogP contribution is -2.05. The molecule has 86 valence electrons. The van der Waals surface area contributed by atoms with Crippen molar-refractivity contribution in [1.82, 2.24) is 0 Å². The zero-order valence-electron chi connectivity index (χ0n) is 9.68. The molecular formula is C13H17NO2. The van der Waals surface area contributed by atoms with Gasteiger partial charge in [0.2, 0.25) is 6.54 Å². The molecule has 0 spiro atoms. The second-order valence-corrected chi connectivity index (χ2v) is 4.13. The highest BCUT2D eigenvalue weighted by atomic mass is 16.5. The molecule has 0 heterocycles. The van der Waals surface area contributed by atoms with Gasteiger partial charge in [-0.15, -0.1) is 0 Å². The molecule has 0 amide bonds. The number of hydrogen-bond donors (Lipinski definition) is 1. The van der Waals surface area contributed by atoms with Crippen LogP contribution in [-0.4, -0.2) is 18.3 Å². The van der Waals surface area contributed by atoms with Gasteiger partial charge in [0.1, 0.15) is 5.75 Å². The fourth-order valence-corrected chi connectivity index (χ4v) is 1.27. The van der Waals surface area contributed by atoms with Crippen molar-refractivity contribution in [2.24, 2.45) is 5.92 Å². The van der Waals surface area contributed by atoms with Crippen LogP contribution in [0.3, 0.4) is 0 Å². The highest BCUT2D eigenvalue weighted by Gasteiger charge is 2.10. The molecule has 1 aromatic carbocycles. The van der Waals surface area contributed by atoms with E-state index in [1.165, 1.54) is 0 Å². The normalized spacial score (nSPS) is 12.2. The summed E-state index contributed by atoms with van der Waals surface area (Å²) >= 11 is 0. The Balaban J connectivity index is 2.67. The summed E-state index contributed by atoms with van der Waals surface area (Å²) in [6.07, 6.45) is -0.722. The zero-order chi connectivity index (χ0) is 12.0. The van der Waals surface area contributed by atoms with E-state index in [1.54, 1.807) is 12.1 Å². The highest BCUT2D eigenvalue weighted by molar-refractivity contribution is 5.30. The summed E-state index contributed by atoms with van der Waals surface area (Å²) < 4.78 is 5.55. The molecule has 1 rings (SSSR count). The van der Waals surface area contributed by atoms with Crippen LogP contribution in [0, 0.1) is 12.5 Å². The van der Waals surface area contributed by atoms with Gasteiger partial charge in [0.15, 0.2) is 6.10 Å². The molecule has 1 aromatic rings. The molecule has 0 radical (unpaired) electrons. The van der Waals surface area contributed by atoms with Gasteiger partial charge >= 0.3 is 0 Å². The summed E-state index contributed by atoms with van der Waals surface area (Å²) in [6, 6.07) is 7.28. The van der Waals surface area contributed by atoms with E-state index < -0.39 is 6.10 Å². The van der Waals surface area contributed by atoms with Gasteiger partial charge in [-0.1, -0.05) is 26.0 Å². The Bertz CT molecular complexity index is 368. The molecule has 0 saturated carbocycles. The van der Waals surface area contributed by atoms with E-state index in [9.17, 15) is 5.11 Å². The van der Waals surface area contributed by atoms with Crippen LogP contribution in [-0.2, 0) is 0 Å². The summed E-state index contributed by atoms with van der Waals surface area (Å²) in [4.78, 5) is 3.18. The molecule has 0 aliphatic rings.